The molecule has 0 bridgehead atoms. The lowest BCUT2D eigenvalue weighted by Crippen LogP contribution is -2.19. The number of urea groups is 1. The molecule has 0 saturated carbocycles. The Morgan fingerprint density at radius 3 is 2.44 bits per heavy atom. The third-order valence-corrected chi connectivity index (χ3v) is 4.42. The molecule has 2 aromatic carbocycles. The van der Waals surface area contributed by atoms with Gasteiger partial charge in [-0.25, -0.2) is 14.6 Å². The van der Waals surface area contributed by atoms with Gasteiger partial charge in [-0.15, -0.1) is 0 Å². The van der Waals surface area contributed by atoms with E-state index in [1.165, 1.54) is 31.4 Å². The molecular weight excluding hydrogens is 368 g/mol. The number of nitrogens with one attached hydrogen (secondary N) is 3. The van der Waals surface area contributed by atoms with Gasteiger partial charge < -0.3 is 20.7 Å². The third kappa shape index (κ3) is 4.59. The molecule has 0 aliphatic carbocycles. The van der Waals surface area contributed by atoms with Crippen molar-refractivity contribution in [2.45, 2.75) is 6.92 Å². The lowest BCUT2D eigenvalue weighted by atomic mass is 10.2. The molecule has 0 atom stereocenters. The highest BCUT2D eigenvalue weighted by Gasteiger charge is 2.10. The number of thiazole rings is 1. The van der Waals surface area contributed by atoms with E-state index in [4.69, 9.17) is 0 Å². The van der Waals surface area contributed by atoms with Crippen molar-refractivity contribution < 1.29 is 19.1 Å². The Hall–Kier alpha value is -3.46. The molecule has 0 saturated heterocycles. The first-order chi connectivity index (χ1) is 12.9. The van der Waals surface area contributed by atoms with E-state index < -0.39 is 12.0 Å². The average Bonchev–Trinajstić information content (AvgIpc) is 3.01. The van der Waals surface area contributed by atoms with E-state index in [0.717, 1.165) is 4.70 Å². The van der Waals surface area contributed by atoms with Crippen LogP contribution in [0.25, 0.3) is 10.2 Å². The van der Waals surface area contributed by atoms with Crippen molar-refractivity contribution in [3.05, 3.63) is 48.0 Å². The third-order valence-electron chi connectivity index (χ3n) is 3.47. The van der Waals surface area contributed by atoms with Gasteiger partial charge in [-0.2, -0.15) is 0 Å². The number of amides is 3. The fourth-order valence-corrected chi connectivity index (χ4v) is 3.24. The summed E-state index contributed by atoms with van der Waals surface area (Å²) in [4.78, 5) is 39.2. The van der Waals surface area contributed by atoms with Crippen LogP contribution in [0.3, 0.4) is 0 Å². The second-order valence-electron chi connectivity index (χ2n) is 5.53. The maximum Gasteiger partial charge on any atom is 0.337 e. The van der Waals surface area contributed by atoms with Crippen LogP contribution in [0.4, 0.5) is 21.3 Å². The standard InChI is InChI=1S/C18H16N4O4S/c1-10(23)19-18-22-14-9-13(6-7-15(14)27-18)21-17(25)20-12-5-3-4-11(8-12)16(24)26-2/h3-9H,1-2H3,(H,19,22,23)(H2,20,21,25). The van der Waals surface area contributed by atoms with Gasteiger partial charge in [0, 0.05) is 18.3 Å². The van der Waals surface area contributed by atoms with Gasteiger partial charge in [-0.05, 0) is 36.4 Å². The van der Waals surface area contributed by atoms with E-state index in [0.29, 0.717) is 27.6 Å². The molecule has 0 fully saturated rings. The van der Waals surface area contributed by atoms with E-state index >= 15 is 0 Å². The van der Waals surface area contributed by atoms with Gasteiger partial charge in [-0.3, -0.25) is 4.79 Å². The summed E-state index contributed by atoms with van der Waals surface area (Å²) in [5.74, 6) is -0.677. The minimum atomic E-state index is -0.483. The largest absolute Gasteiger partial charge is 0.465 e. The summed E-state index contributed by atoms with van der Waals surface area (Å²) in [5.41, 5.74) is 2.00. The van der Waals surface area contributed by atoms with Crippen LogP contribution in [0.1, 0.15) is 17.3 Å². The molecule has 0 spiro atoms. The summed E-state index contributed by atoms with van der Waals surface area (Å²) < 4.78 is 5.54. The van der Waals surface area contributed by atoms with Crippen LogP contribution in [-0.4, -0.2) is 30.0 Å². The van der Waals surface area contributed by atoms with E-state index in [1.54, 1.807) is 30.3 Å². The highest BCUT2D eigenvalue weighted by molar-refractivity contribution is 7.22. The first-order valence-corrected chi connectivity index (χ1v) is 8.71. The van der Waals surface area contributed by atoms with Crippen LogP contribution in [0.5, 0.6) is 0 Å². The van der Waals surface area contributed by atoms with Crippen LogP contribution in [0.15, 0.2) is 42.5 Å². The summed E-state index contributed by atoms with van der Waals surface area (Å²) in [6, 6.07) is 11.2. The normalized spacial score (nSPS) is 10.3. The maximum absolute atomic E-state index is 12.2. The summed E-state index contributed by atoms with van der Waals surface area (Å²) in [6.07, 6.45) is 0. The molecule has 8 nitrogen and oxygen atoms in total. The Kier molecular flexibility index (Phi) is 5.32. The Balaban J connectivity index is 1.70. The zero-order chi connectivity index (χ0) is 19.4. The predicted molar refractivity (Wildman–Crippen MR) is 104 cm³/mol. The van der Waals surface area contributed by atoms with Gasteiger partial charge in [0.25, 0.3) is 0 Å². The van der Waals surface area contributed by atoms with Gasteiger partial charge in [0.15, 0.2) is 5.13 Å². The number of rotatable bonds is 4. The van der Waals surface area contributed by atoms with E-state index in [1.807, 2.05) is 6.07 Å². The quantitative estimate of drug-likeness (QED) is 0.595. The average molecular weight is 384 g/mol. The van der Waals surface area contributed by atoms with Crippen molar-refractivity contribution in [2.75, 3.05) is 23.1 Å². The Labute approximate surface area is 158 Å². The molecule has 0 radical (unpaired) electrons. The Bertz CT molecular complexity index is 1030. The molecule has 1 aromatic heterocycles. The number of aromatic nitrogens is 1. The van der Waals surface area contributed by atoms with Crippen LogP contribution in [0, 0.1) is 0 Å². The Morgan fingerprint density at radius 1 is 1.00 bits per heavy atom. The molecule has 9 heteroatoms. The van der Waals surface area contributed by atoms with Crippen molar-refractivity contribution >= 4 is 56.0 Å². The smallest absolute Gasteiger partial charge is 0.337 e. The summed E-state index contributed by atoms with van der Waals surface area (Å²) in [5, 5.41) is 8.50. The molecule has 3 N–H and O–H groups in total. The highest BCUT2D eigenvalue weighted by Crippen LogP contribution is 2.28. The lowest BCUT2D eigenvalue weighted by Gasteiger charge is -2.08. The van der Waals surface area contributed by atoms with Crippen LogP contribution in [0.2, 0.25) is 0 Å². The zero-order valence-corrected chi connectivity index (χ0v) is 15.3. The number of carbonyl (C=O) groups excluding carboxylic acids is 3. The number of hydrogen-bond acceptors (Lipinski definition) is 6. The summed E-state index contributed by atoms with van der Waals surface area (Å²) in [7, 11) is 1.29. The molecule has 0 aliphatic heterocycles. The van der Waals surface area contributed by atoms with Crippen LogP contribution in [-0.2, 0) is 9.53 Å². The summed E-state index contributed by atoms with van der Waals surface area (Å²) >= 11 is 1.35. The zero-order valence-electron chi connectivity index (χ0n) is 14.5. The molecular formula is C18H16N4O4S. The molecule has 0 unspecified atom stereocenters. The SMILES string of the molecule is COC(=O)c1cccc(NC(=O)Nc2ccc3sc(NC(C)=O)nc3c2)c1. The molecule has 138 valence electrons. The number of carbonyl (C=O) groups is 3. The second kappa shape index (κ2) is 7.83. The van der Waals surface area contributed by atoms with E-state index in [2.05, 4.69) is 25.7 Å². The Morgan fingerprint density at radius 2 is 1.74 bits per heavy atom. The second-order valence-corrected chi connectivity index (χ2v) is 6.56. The molecule has 27 heavy (non-hydrogen) atoms. The number of fused-ring (bicyclic) bond motifs is 1. The van der Waals surface area contributed by atoms with Crippen molar-refractivity contribution in [2.24, 2.45) is 0 Å². The molecule has 1 heterocycles. The van der Waals surface area contributed by atoms with Gasteiger partial charge in [0.2, 0.25) is 5.91 Å². The van der Waals surface area contributed by atoms with Gasteiger partial charge in [-0.1, -0.05) is 17.4 Å². The molecule has 3 aromatic rings. The van der Waals surface area contributed by atoms with E-state index in [9.17, 15) is 14.4 Å². The van der Waals surface area contributed by atoms with Crippen molar-refractivity contribution in [1.82, 2.24) is 4.98 Å². The number of methoxy groups -OCH3 is 1. The monoisotopic (exact) mass is 384 g/mol. The highest BCUT2D eigenvalue weighted by atomic mass is 32.1. The minimum Gasteiger partial charge on any atom is -0.465 e. The van der Waals surface area contributed by atoms with Crippen molar-refractivity contribution in [3.8, 4) is 0 Å². The first kappa shape index (κ1) is 18.3. The van der Waals surface area contributed by atoms with Crippen LogP contribution < -0.4 is 16.0 Å². The van der Waals surface area contributed by atoms with Crippen molar-refractivity contribution in [3.63, 3.8) is 0 Å². The predicted octanol–water partition coefficient (Wildman–Crippen LogP) is 3.69. The first-order valence-electron chi connectivity index (χ1n) is 7.89. The number of benzene rings is 2. The topological polar surface area (TPSA) is 109 Å². The molecule has 0 aliphatic rings. The van der Waals surface area contributed by atoms with Gasteiger partial charge in [0.1, 0.15) is 0 Å². The van der Waals surface area contributed by atoms with Crippen molar-refractivity contribution in [1.29, 1.82) is 0 Å². The fourth-order valence-electron chi connectivity index (χ4n) is 2.34. The number of nitrogens with zero attached hydrogens (tertiary/aromatic N) is 1. The number of anilines is 3. The molecule has 3 amide bonds. The fraction of sp³-hybridized carbons (Fsp3) is 0.111. The summed E-state index contributed by atoms with van der Waals surface area (Å²) in [6.45, 7) is 1.42. The lowest BCUT2D eigenvalue weighted by molar-refractivity contribution is -0.114. The van der Waals surface area contributed by atoms with Crippen LogP contribution >= 0.6 is 11.3 Å². The number of ether oxygens (including phenoxy) is 1. The van der Waals surface area contributed by atoms with Gasteiger partial charge in [0.05, 0.1) is 22.9 Å². The van der Waals surface area contributed by atoms with Gasteiger partial charge >= 0.3 is 12.0 Å². The number of esters is 1. The minimum absolute atomic E-state index is 0.194. The van der Waals surface area contributed by atoms with E-state index in [-0.39, 0.29) is 5.91 Å². The number of hydrogen-bond donors (Lipinski definition) is 3. The molecule has 3 rings (SSSR count). The maximum atomic E-state index is 12.2.